The number of nitrogens with zero attached hydrogens (tertiary/aromatic N) is 1. The van der Waals surface area contributed by atoms with Crippen LogP contribution in [0.25, 0.3) is 0 Å². The van der Waals surface area contributed by atoms with Crippen LogP contribution in [-0.2, 0) is 27.2 Å². The van der Waals surface area contributed by atoms with E-state index in [1.54, 1.807) is 18.3 Å². The average molecular weight is 412 g/mol. The zero-order valence-corrected chi connectivity index (χ0v) is 17.0. The summed E-state index contributed by atoms with van der Waals surface area (Å²) in [4.78, 5) is 28.7. The highest BCUT2D eigenvalue weighted by atomic mass is 16.5. The minimum atomic E-state index is -0.520. The van der Waals surface area contributed by atoms with Crippen LogP contribution in [0.5, 0.6) is 0 Å². The Morgan fingerprint density at radius 2 is 1.87 bits per heavy atom. The molecule has 0 spiro atoms. The van der Waals surface area contributed by atoms with Gasteiger partial charge in [-0.3, -0.25) is 14.6 Å². The number of pyridine rings is 1. The number of carbonyl (C=O) groups excluding carboxylic acids is 2. The van der Waals surface area contributed by atoms with Crippen LogP contribution in [0, 0.1) is 0 Å². The van der Waals surface area contributed by atoms with Crippen LogP contribution in [0.15, 0.2) is 54.7 Å². The lowest BCUT2D eigenvalue weighted by Gasteiger charge is -2.36. The number of aliphatic hydroxyl groups excluding tert-OH is 1. The van der Waals surface area contributed by atoms with Crippen molar-refractivity contribution >= 4 is 11.8 Å². The topological polar surface area (TPSA) is 101 Å². The monoisotopic (exact) mass is 411 g/mol. The number of aromatic nitrogens is 1. The molecule has 160 valence electrons. The number of rotatable bonds is 9. The second kappa shape index (κ2) is 11.4. The maximum Gasteiger partial charge on any atom is 0.226 e. The summed E-state index contributed by atoms with van der Waals surface area (Å²) in [5.41, 5.74) is 1.87. The van der Waals surface area contributed by atoms with Gasteiger partial charge in [0.05, 0.1) is 31.6 Å². The van der Waals surface area contributed by atoms with Crippen molar-refractivity contribution < 1.29 is 19.4 Å². The van der Waals surface area contributed by atoms with Gasteiger partial charge < -0.3 is 20.5 Å². The Kier molecular flexibility index (Phi) is 8.35. The summed E-state index contributed by atoms with van der Waals surface area (Å²) in [6.07, 6.45) is 3.39. The molecule has 7 heteroatoms. The molecule has 1 fully saturated rings. The Morgan fingerprint density at radius 1 is 1.07 bits per heavy atom. The lowest BCUT2D eigenvalue weighted by molar-refractivity contribution is -0.135. The molecular weight excluding hydrogens is 382 g/mol. The molecular formula is C23H29N3O4. The lowest BCUT2D eigenvalue weighted by atomic mass is 9.96. The van der Waals surface area contributed by atoms with Crippen LogP contribution in [0.3, 0.4) is 0 Å². The van der Waals surface area contributed by atoms with Crippen molar-refractivity contribution in [2.45, 2.75) is 50.4 Å². The number of hydrogen-bond donors (Lipinski definition) is 3. The summed E-state index contributed by atoms with van der Waals surface area (Å²) in [6.45, 7) is 0.367. The molecule has 7 nitrogen and oxygen atoms in total. The maximum absolute atomic E-state index is 12.3. The van der Waals surface area contributed by atoms with Gasteiger partial charge in [0.15, 0.2) is 0 Å². The van der Waals surface area contributed by atoms with Crippen molar-refractivity contribution in [1.29, 1.82) is 0 Å². The molecule has 0 radical (unpaired) electrons. The molecule has 2 aromatic rings. The summed E-state index contributed by atoms with van der Waals surface area (Å²) in [7, 11) is 0. The first-order valence-electron chi connectivity index (χ1n) is 10.4. The second-order valence-electron chi connectivity index (χ2n) is 7.52. The number of hydrogen-bond acceptors (Lipinski definition) is 5. The van der Waals surface area contributed by atoms with E-state index in [0.717, 1.165) is 6.42 Å². The zero-order chi connectivity index (χ0) is 21.2. The SMILES string of the molecule is O=C(C[C@@H]1CC[C@@H](NC(=O)Cc2ccccn2)[C@H](CO)O1)NCCc1ccccc1. The van der Waals surface area contributed by atoms with E-state index in [9.17, 15) is 14.7 Å². The molecule has 1 aromatic carbocycles. The standard InChI is InChI=1S/C23H29N3O4/c27-16-21-20(26-23(29)14-18-8-4-5-12-24-18)10-9-19(30-21)15-22(28)25-13-11-17-6-2-1-3-7-17/h1-8,12,19-21,27H,9-11,13-16H2,(H,25,28)(H,26,29)/t19-,20+,21-/m0/s1. The van der Waals surface area contributed by atoms with Gasteiger partial charge >= 0.3 is 0 Å². The molecule has 2 heterocycles. The van der Waals surface area contributed by atoms with Crippen LogP contribution < -0.4 is 10.6 Å². The van der Waals surface area contributed by atoms with Gasteiger partial charge in [-0.1, -0.05) is 36.4 Å². The number of aliphatic hydroxyl groups is 1. The summed E-state index contributed by atoms with van der Waals surface area (Å²) >= 11 is 0. The molecule has 0 unspecified atom stereocenters. The van der Waals surface area contributed by atoms with E-state index in [2.05, 4.69) is 15.6 Å². The Hall–Kier alpha value is -2.77. The largest absolute Gasteiger partial charge is 0.394 e. The van der Waals surface area contributed by atoms with Gasteiger partial charge in [0.1, 0.15) is 6.10 Å². The third-order valence-corrected chi connectivity index (χ3v) is 5.20. The number of benzene rings is 1. The first-order valence-corrected chi connectivity index (χ1v) is 10.4. The molecule has 0 saturated carbocycles. The van der Waals surface area contributed by atoms with Crippen molar-refractivity contribution in [1.82, 2.24) is 15.6 Å². The Morgan fingerprint density at radius 3 is 2.60 bits per heavy atom. The highest BCUT2D eigenvalue weighted by Crippen LogP contribution is 2.22. The number of amides is 2. The molecule has 0 bridgehead atoms. The van der Waals surface area contributed by atoms with Gasteiger partial charge in [-0.15, -0.1) is 0 Å². The molecule has 30 heavy (non-hydrogen) atoms. The molecule has 3 atom stereocenters. The van der Waals surface area contributed by atoms with E-state index in [1.165, 1.54) is 5.56 Å². The van der Waals surface area contributed by atoms with Gasteiger partial charge in [0, 0.05) is 18.4 Å². The number of carbonyl (C=O) groups is 2. The molecule has 1 aliphatic heterocycles. The average Bonchev–Trinajstić information content (AvgIpc) is 2.76. The summed E-state index contributed by atoms with van der Waals surface area (Å²) < 4.78 is 5.89. The second-order valence-corrected chi connectivity index (χ2v) is 7.52. The molecule has 3 rings (SSSR count). The van der Waals surface area contributed by atoms with Crippen LogP contribution in [-0.4, -0.2) is 53.3 Å². The summed E-state index contributed by atoms with van der Waals surface area (Å²) in [6, 6.07) is 15.2. The van der Waals surface area contributed by atoms with E-state index in [-0.39, 0.29) is 43.4 Å². The predicted molar refractivity (Wildman–Crippen MR) is 113 cm³/mol. The molecule has 2 amide bonds. The van der Waals surface area contributed by atoms with Gasteiger partial charge in [-0.05, 0) is 37.0 Å². The van der Waals surface area contributed by atoms with E-state index in [0.29, 0.717) is 25.1 Å². The quantitative estimate of drug-likeness (QED) is 0.579. The fraction of sp³-hybridized carbons (Fsp3) is 0.435. The Labute approximate surface area is 176 Å². The van der Waals surface area contributed by atoms with Crippen LogP contribution in [0.2, 0.25) is 0 Å². The minimum absolute atomic E-state index is 0.0646. The van der Waals surface area contributed by atoms with E-state index >= 15 is 0 Å². The first kappa shape index (κ1) is 21.9. The maximum atomic E-state index is 12.3. The Balaban J connectivity index is 1.40. The fourth-order valence-corrected chi connectivity index (χ4v) is 3.64. The summed E-state index contributed by atoms with van der Waals surface area (Å²) in [5, 5.41) is 15.5. The summed E-state index contributed by atoms with van der Waals surface area (Å²) in [5.74, 6) is -0.219. The molecule has 3 N–H and O–H groups in total. The van der Waals surface area contributed by atoms with Gasteiger partial charge in [-0.25, -0.2) is 0 Å². The lowest BCUT2D eigenvalue weighted by Crippen LogP contribution is -2.51. The van der Waals surface area contributed by atoms with Crippen LogP contribution >= 0.6 is 0 Å². The first-order chi connectivity index (χ1) is 14.6. The third kappa shape index (κ3) is 6.93. The van der Waals surface area contributed by atoms with E-state index < -0.39 is 6.10 Å². The highest BCUT2D eigenvalue weighted by Gasteiger charge is 2.32. The van der Waals surface area contributed by atoms with E-state index in [4.69, 9.17) is 4.74 Å². The van der Waals surface area contributed by atoms with Crippen molar-refractivity contribution in [3.05, 3.63) is 66.0 Å². The normalized spacial score (nSPS) is 21.0. The zero-order valence-electron chi connectivity index (χ0n) is 17.0. The Bertz CT molecular complexity index is 801. The molecule has 0 aliphatic carbocycles. The highest BCUT2D eigenvalue weighted by molar-refractivity contribution is 5.78. The van der Waals surface area contributed by atoms with E-state index in [1.807, 2.05) is 36.4 Å². The van der Waals surface area contributed by atoms with Crippen molar-refractivity contribution in [2.24, 2.45) is 0 Å². The van der Waals surface area contributed by atoms with Gasteiger partial charge in [0.2, 0.25) is 11.8 Å². The predicted octanol–water partition coefficient (Wildman–Crippen LogP) is 1.40. The van der Waals surface area contributed by atoms with Crippen LogP contribution in [0.1, 0.15) is 30.5 Å². The minimum Gasteiger partial charge on any atom is -0.394 e. The molecule has 1 aromatic heterocycles. The smallest absolute Gasteiger partial charge is 0.226 e. The third-order valence-electron chi connectivity index (χ3n) is 5.20. The molecule has 1 saturated heterocycles. The van der Waals surface area contributed by atoms with Crippen molar-refractivity contribution in [3.63, 3.8) is 0 Å². The van der Waals surface area contributed by atoms with Crippen LogP contribution in [0.4, 0.5) is 0 Å². The van der Waals surface area contributed by atoms with Gasteiger partial charge in [0.25, 0.3) is 0 Å². The molecule has 1 aliphatic rings. The fourth-order valence-electron chi connectivity index (χ4n) is 3.64. The van der Waals surface area contributed by atoms with Crippen molar-refractivity contribution in [2.75, 3.05) is 13.2 Å². The van der Waals surface area contributed by atoms with Crippen molar-refractivity contribution in [3.8, 4) is 0 Å². The number of ether oxygens (including phenoxy) is 1. The number of nitrogens with one attached hydrogen (secondary N) is 2. The van der Waals surface area contributed by atoms with Gasteiger partial charge in [-0.2, -0.15) is 0 Å².